The fourth-order valence-corrected chi connectivity index (χ4v) is 1.57. The molecular formula is C10H12BrF3N2. The number of hydrogen-bond acceptors (Lipinski definition) is 2. The molecule has 3 N–H and O–H groups in total. The molecule has 0 amide bonds. The summed E-state index contributed by atoms with van der Waals surface area (Å²) in [4.78, 5) is 0. The Morgan fingerprint density at radius 2 is 2.00 bits per heavy atom. The first-order chi connectivity index (χ1) is 7.38. The van der Waals surface area contributed by atoms with E-state index in [9.17, 15) is 13.2 Å². The third-order valence-corrected chi connectivity index (χ3v) is 2.67. The number of hydrogen-bond donors (Lipinski definition) is 2. The summed E-state index contributed by atoms with van der Waals surface area (Å²) in [6.07, 6.45) is -4.92. The lowest BCUT2D eigenvalue weighted by atomic mass is 10.2. The average molecular weight is 297 g/mol. The second-order valence-corrected chi connectivity index (χ2v) is 4.25. The van der Waals surface area contributed by atoms with Gasteiger partial charge in [0.2, 0.25) is 0 Å². The van der Waals surface area contributed by atoms with Gasteiger partial charge in [-0.2, -0.15) is 13.2 Å². The summed E-state index contributed by atoms with van der Waals surface area (Å²) >= 11 is 3.25. The van der Waals surface area contributed by atoms with Crippen molar-refractivity contribution >= 4 is 21.6 Å². The van der Waals surface area contributed by atoms with Crippen molar-refractivity contribution in [2.45, 2.75) is 19.1 Å². The molecule has 90 valence electrons. The van der Waals surface area contributed by atoms with Crippen LogP contribution >= 0.6 is 15.9 Å². The Balaban J connectivity index is 2.35. The van der Waals surface area contributed by atoms with Crippen molar-refractivity contribution in [3.8, 4) is 0 Å². The molecule has 0 heterocycles. The lowest BCUT2D eigenvalue weighted by Crippen LogP contribution is -2.21. The number of nitrogens with two attached hydrogens (primary N) is 1. The fraction of sp³-hybridized carbons (Fsp3) is 0.400. The normalized spacial score (nSPS) is 11.8. The quantitative estimate of drug-likeness (QED) is 0.662. The van der Waals surface area contributed by atoms with Gasteiger partial charge in [-0.1, -0.05) is 6.07 Å². The summed E-state index contributed by atoms with van der Waals surface area (Å²) in [7, 11) is 0. The highest BCUT2D eigenvalue weighted by molar-refractivity contribution is 9.10. The summed E-state index contributed by atoms with van der Waals surface area (Å²) in [5.74, 6) is 0. The first-order valence-electron chi connectivity index (χ1n) is 4.70. The van der Waals surface area contributed by atoms with E-state index in [0.717, 1.165) is 10.0 Å². The number of benzene rings is 1. The van der Waals surface area contributed by atoms with Crippen molar-refractivity contribution in [3.05, 3.63) is 28.2 Å². The van der Waals surface area contributed by atoms with Crippen LogP contribution in [0.3, 0.4) is 0 Å². The predicted octanol–water partition coefficient (Wildman–Crippen LogP) is 3.07. The second-order valence-electron chi connectivity index (χ2n) is 3.40. The largest absolute Gasteiger partial charge is 0.398 e. The van der Waals surface area contributed by atoms with Crippen LogP contribution in [0.15, 0.2) is 22.7 Å². The van der Waals surface area contributed by atoms with Crippen LogP contribution < -0.4 is 11.1 Å². The number of anilines is 1. The van der Waals surface area contributed by atoms with Gasteiger partial charge in [0.25, 0.3) is 0 Å². The third kappa shape index (κ3) is 4.85. The van der Waals surface area contributed by atoms with Crippen molar-refractivity contribution in [1.82, 2.24) is 5.32 Å². The van der Waals surface area contributed by atoms with Crippen molar-refractivity contribution < 1.29 is 13.2 Å². The molecule has 0 saturated heterocycles. The van der Waals surface area contributed by atoms with Crippen LogP contribution in [0.25, 0.3) is 0 Å². The molecule has 0 atom stereocenters. The van der Waals surface area contributed by atoms with Gasteiger partial charge in [-0.15, -0.1) is 0 Å². The van der Waals surface area contributed by atoms with Crippen molar-refractivity contribution in [1.29, 1.82) is 0 Å². The first kappa shape index (κ1) is 13.3. The minimum atomic E-state index is -4.10. The zero-order valence-electron chi connectivity index (χ0n) is 8.44. The molecule has 0 aromatic heterocycles. The summed E-state index contributed by atoms with van der Waals surface area (Å²) in [5.41, 5.74) is 7.09. The van der Waals surface area contributed by atoms with Gasteiger partial charge in [-0.05, 0) is 33.6 Å². The van der Waals surface area contributed by atoms with Gasteiger partial charge in [0, 0.05) is 23.2 Å². The molecule has 2 nitrogen and oxygen atoms in total. The molecule has 1 rings (SSSR count). The lowest BCUT2D eigenvalue weighted by Gasteiger charge is -2.08. The van der Waals surface area contributed by atoms with Crippen molar-refractivity contribution in [2.75, 3.05) is 12.3 Å². The maximum absolute atomic E-state index is 11.8. The molecule has 0 spiro atoms. The average Bonchev–Trinajstić information content (AvgIpc) is 2.17. The van der Waals surface area contributed by atoms with Crippen LogP contribution in [0.5, 0.6) is 0 Å². The topological polar surface area (TPSA) is 38.0 Å². The molecule has 1 aromatic rings. The van der Waals surface area contributed by atoms with E-state index in [2.05, 4.69) is 21.2 Å². The standard InChI is InChI=1S/C10H12BrF3N2/c11-8-5-7(1-2-9(8)15)6-16-4-3-10(12,13)14/h1-2,5,16H,3-4,6,15H2. The molecule has 6 heteroatoms. The van der Waals surface area contributed by atoms with Gasteiger partial charge in [-0.3, -0.25) is 0 Å². The van der Waals surface area contributed by atoms with E-state index in [1.165, 1.54) is 0 Å². The SMILES string of the molecule is Nc1ccc(CNCCC(F)(F)F)cc1Br. The molecule has 0 aliphatic rings. The highest BCUT2D eigenvalue weighted by Gasteiger charge is 2.25. The zero-order valence-corrected chi connectivity index (χ0v) is 10.0. The van der Waals surface area contributed by atoms with E-state index < -0.39 is 12.6 Å². The van der Waals surface area contributed by atoms with Gasteiger partial charge in [0.1, 0.15) is 0 Å². The number of alkyl halides is 3. The van der Waals surface area contributed by atoms with Gasteiger partial charge in [0.15, 0.2) is 0 Å². The van der Waals surface area contributed by atoms with Crippen LogP contribution in [-0.2, 0) is 6.54 Å². The Kier molecular flexibility index (Phi) is 4.61. The third-order valence-electron chi connectivity index (χ3n) is 1.98. The molecule has 0 bridgehead atoms. The summed E-state index contributed by atoms with van der Waals surface area (Å²) in [6, 6.07) is 5.28. The maximum atomic E-state index is 11.8. The number of nitrogen functional groups attached to an aromatic ring is 1. The van der Waals surface area contributed by atoms with E-state index in [-0.39, 0.29) is 6.54 Å². The fourth-order valence-electron chi connectivity index (χ4n) is 1.14. The molecule has 0 unspecified atom stereocenters. The Bertz CT molecular complexity index is 352. The minimum absolute atomic E-state index is 0.0779. The van der Waals surface area contributed by atoms with Gasteiger partial charge in [-0.25, -0.2) is 0 Å². The van der Waals surface area contributed by atoms with Crippen molar-refractivity contribution in [3.63, 3.8) is 0 Å². The lowest BCUT2D eigenvalue weighted by molar-refractivity contribution is -0.133. The summed E-state index contributed by atoms with van der Waals surface area (Å²) in [6.45, 7) is 0.320. The molecule has 0 saturated carbocycles. The summed E-state index contributed by atoms with van der Waals surface area (Å²) in [5, 5.41) is 2.72. The Morgan fingerprint density at radius 3 is 2.56 bits per heavy atom. The smallest absolute Gasteiger partial charge is 0.390 e. The van der Waals surface area contributed by atoms with Crippen molar-refractivity contribution in [2.24, 2.45) is 0 Å². The minimum Gasteiger partial charge on any atom is -0.398 e. The molecule has 16 heavy (non-hydrogen) atoms. The van der Waals surface area contributed by atoms with E-state index in [1.54, 1.807) is 18.2 Å². The highest BCUT2D eigenvalue weighted by atomic mass is 79.9. The zero-order chi connectivity index (χ0) is 12.2. The van der Waals surface area contributed by atoms with Crippen LogP contribution in [0.4, 0.5) is 18.9 Å². The van der Waals surface area contributed by atoms with Gasteiger partial charge < -0.3 is 11.1 Å². The molecule has 0 aliphatic heterocycles. The van der Waals surface area contributed by atoms with Crippen LogP contribution in [0.1, 0.15) is 12.0 Å². The number of nitrogens with one attached hydrogen (secondary N) is 1. The van der Waals surface area contributed by atoms with Gasteiger partial charge in [0.05, 0.1) is 6.42 Å². The molecule has 0 radical (unpaired) electrons. The second kappa shape index (κ2) is 5.54. The monoisotopic (exact) mass is 296 g/mol. The summed E-state index contributed by atoms with van der Waals surface area (Å²) < 4.78 is 36.3. The Morgan fingerprint density at radius 1 is 1.31 bits per heavy atom. The Labute approximate surface area is 100 Å². The van der Waals surface area contributed by atoms with E-state index >= 15 is 0 Å². The molecular weight excluding hydrogens is 285 g/mol. The van der Waals surface area contributed by atoms with Gasteiger partial charge >= 0.3 is 6.18 Å². The van der Waals surface area contributed by atoms with E-state index in [4.69, 9.17) is 5.73 Å². The van der Waals surface area contributed by atoms with Crippen LogP contribution in [-0.4, -0.2) is 12.7 Å². The maximum Gasteiger partial charge on any atom is 0.390 e. The van der Waals surface area contributed by atoms with E-state index in [1.807, 2.05) is 0 Å². The first-order valence-corrected chi connectivity index (χ1v) is 5.49. The molecule has 0 aliphatic carbocycles. The molecule has 1 aromatic carbocycles. The Hall–Kier alpha value is -0.750. The number of halogens is 4. The molecule has 0 fully saturated rings. The predicted molar refractivity (Wildman–Crippen MR) is 60.9 cm³/mol. The number of rotatable bonds is 4. The highest BCUT2D eigenvalue weighted by Crippen LogP contribution is 2.21. The van der Waals surface area contributed by atoms with E-state index in [0.29, 0.717) is 12.2 Å². The van der Waals surface area contributed by atoms with Crippen LogP contribution in [0.2, 0.25) is 0 Å². The van der Waals surface area contributed by atoms with Crippen LogP contribution in [0, 0.1) is 0 Å².